The second-order valence-corrected chi connectivity index (χ2v) is 5.47. The first-order valence-corrected chi connectivity index (χ1v) is 7.55. The number of carbonyl (C=O) groups excluding carboxylic acids is 1. The molecule has 0 spiro atoms. The van der Waals surface area contributed by atoms with Crippen LogP contribution < -0.4 is 11.1 Å². The van der Waals surface area contributed by atoms with Crippen molar-refractivity contribution in [2.75, 3.05) is 13.1 Å². The summed E-state index contributed by atoms with van der Waals surface area (Å²) in [5.41, 5.74) is 8.87. The smallest absolute Gasteiger partial charge is 0.178 e. The van der Waals surface area contributed by atoms with E-state index in [2.05, 4.69) is 10.3 Å². The molecule has 1 aliphatic heterocycles. The Kier molecular flexibility index (Phi) is 5.53. The van der Waals surface area contributed by atoms with Crippen molar-refractivity contribution in [3.63, 3.8) is 0 Å². The van der Waals surface area contributed by atoms with Crippen LogP contribution in [0, 0.1) is 0 Å². The molecule has 0 amide bonds. The van der Waals surface area contributed by atoms with Gasteiger partial charge in [0.05, 0.1) is 17.1 Å². The number of nitrogens with two attached hydrogens (primary N) is 1. The molecule has 4 nitrogen and oxygen atoms in total. The standard InChI is InChI=1S/C16H20ClN3O/c1-2-4-15(21)16(18)13-7-8-19-10-14(13)20-12-6-3-5-11(17)9-12/h3,5-6,9,19H,2,4,7-8,10,18H2,1H3/b16-13-,20-14?. The molecule has 5 heteroatoms. The lowest BCUT2D eigenvalue weighted by molar-refractivity contribution is -0.115. The Morgan fingerprint density at radius 1 is 1.48 bits per heavy atom. The van der Waals surface area contributed by atoms with Gasteiger partial charge in [-0.05, 0) is 37.6 Å². The van der Waals surface area contributed by atoms with Crippen LogP contribution in [0.25, 0.3) is 0 Å². The molecule has 1 saturated heterocycles. The lowest BCUT2D eigenvalue weighted by Crippen LogP contribution is -2.34. The molecule has 0 saturated carbocycles. The van der Waals surface area contributed by atoms with Gasteiger partial charge in [-0.1, -0.05) is 24.6 Å². The minimum Gasteiger partial charge on any atom is -0.396 e. The minimum atomic E-state index is 0.00759. The molecule has 112 valence electrons. The number of allylic oxidation sites excluding steroid dienone is 1. The van der Waals surface area contributed by atoms with Gasteiger partial charge in [-0.3, -0.25) is 9.79 Å². The first kappa shape index (κ1) is 15.7. The number of piperidine rings is 1. The van der Waals surface area contributed by atoms with E-state index in [0.29, 0.717) is 23.7 Å². The van der Waals surface area contributed by atoms with Gasteiger partial charge in [-0.15, -0.1) is 0 Å². The normalized spacial score (nSPS) is 19.6. The molecular formula is C16H20ClN3O. The van der Waals surface area contributed by atoms with E-state index in [-0.39, 0.29) is 5.78 Å². The fraction of sp³-hybridized carbons (Fsp3) is 0.375. The molecule has 3 N–H and O–H groups in total. The summed E-state index contributed by atoms with van der Waals surface area (Å²) in [5.74, 6) is 0.00759. The van der Waals surface area contributed by atoms with E-state index in [4.69, 9.17) is 17.3 Å². The van der Waals surface area contributed by atoms with Crippen molar-refractivity contribution in [2.24, 2.45) is 10.7 Å². The highest BCUT2D eigenvalue weighted by Gasteiger charge is 2.19. The molecule has 2 rings (SSSR count). The number of rotatable bonds is 4. The second-order valence-electron chi connectivity index (χ2n) is 5.03. The summed E-state index contributed by atoms with van der Waals surface area (Å²) in [7, 11) is 0. The molecule has 0 aliphatic carbocycles. The van der Waals surface area contributed by atoms with E-state index < -0.39 is 0 Å². The predicted molar refractivity (Wildman–Crippen MR) is 87.2 cm³/mol. The van der Waals surface area contributed by atoms with E-state index in [9.17, 15) is 4.79 Å². The third-order valence-electron chi connectivity index (χ3n) is 3.37. The Morgan fingerprint density at radius 3 is 3.00 bits per heavy atom. The van der Waals surface area contributed by atoms with Gasteiger partial charge < -0.3 is 11.1 Å². The Morgan fingerprint density at radius 2 is 2.29 bits per heavy atom. The van der Waals surface area contributed by atoms with Crippen molar-refractivity contribution in [2.45, 2.75) is 26.2 Å². The van der Waals surface area contributed by atoms with Crippen molar-refractivity contribution in [3.05, 3.63) is 40.6 Å². The van der Waals surface area contributed by atoms with Crippen LogP contribution in [-0.2, 0) is 4.79 Å². The summed E-state index contributed by atoms with van der Waals surface area (Å²) in [4.78, 5) is 16.6. The molecule has 0 bridgehead atoms. The van der Waals surface area contributed by atoms with E-state index in [1.54, 1.807) is 12.1 Å². The highest BCUT2D eigenvalue weighted by molar-refractivity contribution is 6.30. The van der Waals surface area contributed by atoms with Crippen LogP contribution in [0.15, 0.2) is 40.5 Å². The SMILES string of the molecule is CCCC(=O)/C(N)=C1\CCNCC1=Nc1cccc(Cl)c1. The monoisotopic (exact) mass is 305 g/mol. The van der Waals surface area contributed by atoms with Gasteiger partial charge >= 0.3 is 0 Å². The molecule has 1 aromatic rings. The molecule has 1 aliphatic rings. The lowest BCUT2D eigenvalue weighted by atomic mass is 9.97. The molecule has 1 aromatic carbocycles. The highest BCUT2D eigenvalue weighted by atomic mass is 35.5. The number of benzene rings is 1. The van der Waals surface area contributed by atoms with Crippen molar-refractivity contribution >= 4 is 28.8 Å². The molecule has 0 unspecified atom stereocenters. The molecular weight excluding hydrogens is 286 g/mol. The van der Waals surface area contributed by atoms with Crippen LogP contribution in [0.1, 0.15) is 26.2 Å². The average Bonchev–Trinajstić information content (AvgIpc) is 2.47. The number of halogens is 1. The predicted octanol–water partition coefficient (Wildman–Crippen LogP) is 2.99. The number of hydrogen-bond donors (Lipinski definition) is 2. The first-order chi connectivity index (χ1) is 10.1. The van der Waals surface area contributed by atoms with Gasteiger partial charge in [0.1, 0.15) is 0 Å². The maximum absolute atomic E-state index is 12.0. The zero-order valence-corrected chi connectivity index (χ0v) is 12.9. The van der Waals surface area contributed by atoms with Crippen LogP contribution in [0.2, 0.25) is 5.02 Å². The molecule has 1 fully saturated rings. The lowest BCUT2D eigenvalue weighted by Gasteiger charge is -2.20. The number of nitrogens with zero attached hydrogens (tertiary/aromatic N) is 1. The van der Waals surface area contributed by atoms with Gasteiger partial charge in [0.25, 0.3) is 0 Å². The third kappa shape index (κ3) is 4.16. The molecule has 1 heterocycles. The van der Waals surface area contributed by atoms with E-state index in [1.165, 1.54) is 0 Å². The van der Waals surface area contributed by atoms with Gasteiger partial charge in [0.2, 0.25) is 0 Å². The zero-order valence-electron chi connectivity index (χ0n) is 12.2. The highest BCUT2D eigenvalue weighted by Crippen LogP contribution is 2.21. The van der Waals surface area contributed by atoms with E-state index in [1.807, 2.05) is 19.1 Å². The molecule has 0 atom stereocenters. The van der Waals surface area contributed by atoms with Gasteiger partial charge in [0, 0.05) is 23.6 Å². The number of ketones is 1. The van der Waals surface area contributed by atoms with Crippen molar-refractivity contribution < 1.29 is 4.79 Å². The van der Waals surface area contributed by atoms with Crippen LogP contribution in [-0.4, -0.2) is 24.6 Å². The van der Waals surface area contributed by atoms with Crippen molar-refractivity contribution in [1.82, 2.24) is 5.32 Å². The summed E-state index contributed by atoms with van der Waals surface area (Å²) in [6.45, 7) is 3.39. The van der Waals surface area contributed by atoms with Gasteiger partial charge in [-0.25, -0.2) is 0 Å². The number of aliphatic imine (C=N–C) groups is 1. The summed E-state index contributed by atoms with van der Waals surface area (Å²) in [6, 6.07) is 7.34. The summed E-state index contributed by atoms with van der Waals surface area (Å²) >= 11 is 5.98. The Labute approximate surface area is 130 Å². The number of hydrogen-bond acceptors (Lipinski definition) is 4. The van der Waals surface area contributed by atoms with Gasteiger partial charge in [-0.2, -0.15) is 0 Å². The number of carbonyl (C=O) groups is 1. The van der Waals surface area contributed by atoms with Crippen molar-refractivity contribution in [1.29, 1.82) is 0 Å². The largest absolute Gasteiger partial charge is 0.396 e. The summed E-state index contributed by atoms with van der Waals surface area (Å²) in [6.07, 6.45) is 2.00. The maximum Gasteiger partial charge on any atom is 0.178 e. The van der Waals surface area contributed by atoms with Crippen LogP contribution in [0.3, 0.4) is 0 Å². The Hall–Kier alpha value is -1.65. The molecule has 0 aromatic heterocycles. The fourth-order valence-electron chi connectivity index (χ4n) is 2.30. The number of Topliss-reactive ketones (excluding diaryl/α,β-unsaturated/α-hetero) is 1. The molecule has 0 radical (unpaired) electrons. The second kappa shape index (κ2) is 7.38. The van der Waals surface area contributed by atoms with Crippen LogP contribution in [0.5, 0.6) is 0 Å². The van der Waals surface area contributed by atoms with E-state index in [0.717, 1.165) is 36.4 Å². The minimum absolute atomic E-state index is 0.00759. The summed E-state index contributed by atoms with van der Waals surface area (Å²) < 4.78 is 0. The van der Waals surface area contributed by atoms with Crippen molar-refractivity contribution in [3.8, 4) is 0 Å². The zero-order chi connectivity index (χ0) is 15.2. The quantitative estimate of drug-likeness (QED) is 0.840. The van der Waals surface area contributed by atoms with E-state index >= 15 is 0 Å². The first-order valence-electron chi connectivity index (χ1n) is 7.18. The van der Waals surface area contributed by atoms with Gasteiger partial charge in [0.15, 0.2) is 5.78 Å². The average molecular weight is 306 g/mol. The van der Waals surface area contributed by atoms with Crippen LogP contribution in [0.4, 0.5) is 5.69 Å². The Bertz CT molecular complexity index is 593. The maximum atomic E-state index is 12.0. The Balaban J connectivity index is 2.35. The number of nitrogens with one attached hydrogen (secondary N) is 1. The fourth-order valence-corrected chi connectivity index (χ4v) is 2.48. The third-order valence-corrected chi connectivity index (χ3v) is 3.60. The topological polar surface area (TPSA) is 67.5 Å². The van der Waals surface area contributed by atoms with Crippen LogP contribution >= 0.6 is 11.6 Å². The summed E-state index contributed by atoms with van der Waals surface area (Å²) in [5, 5.41) is 3.90. The molecule has 21 heavy (non-hydrogen) atoms.